The maximum atomic E-state index is 13.6. The minimum atomic E-state index is -0.516. The zero-order valence-corrected chi connectivity index (χ0v) is 11.0. The van der Waals surface area contributed by atoms with Crippen LogP contribution in [-0.2, 0) is 6.42 Å². The number of benzene rings is 1. The predicted molar refractivity (Wildman–Crippen MR) is 70.1 cm³/mol. The van der Waals surface area contributed by atoms with Gasteiger partial charge in [0.05, 0.1) is 12.0 Å². The lowest BCUT2D eigenvalue weighted by Gasteiger charge is -2.05. The number of ketones is 1. The van der Waals surface area contributed by atoms with Crippen LogP contribution in [0.15, 0.2) is 29.6 Å². The Labute approximate surface area is 109 Å². The standard InChI is InChI=1S/C14H13FO2S/c1-3-9-6-7-18-14(9)13(16)10-4-5-12(17-2)11(15)8-10/h4-8H,3H2,1-2H3. The van der Waals surface area contributed by atoms with Gasteiger partial charge in [0.25, 0.3) is 0 Å². The fourth-order valence-electron chi connectivity index (χ4n) is 1.75. The van der Waals surface area contributed by atoms with E-state index in [1.165, 1.54) is 30.6 Å². The van der Waals surface area contributed by atoms with Crippen LogP contribution in [0.5, 0.6) is 5.75 Å². The van der Waals surface area contributed by atoms with E-state index in [4.69, 9.17) is 4.74 Å². The van der Waals surface area contributed by atoms with Gasteiger partial charge >= 0.3 is 0 Å². The van der Waals surface area contributed by atoms with Gasteiger partial charge in [0.1, 0.15) is 0 Å². The van der Waals surface area contributed by atoms with Crippen molar-refractivity contribution in [1.29, 1.82) is 0 Å². The first-order valence-corrected chi connectivity index (χ1v) is 6.50. The summed E-state index contributed by atoms with van der Waals surface area (Å²) in [5.74, 6) is -0.505. The van der Waals surface area contributed by atoms with Crippen LogP contribution in [0.4, 0.5) is 4.39 Å². The average Bonchev–Trinajstić information content (AvgIpc) is 2.86. The third-order valence-corrected chi connectivity index (χ3v) is 3.70. The molecule has 0 bridgehead atoms. The number of ether oxygens (including phenoxy) is 1. The number of halogens is 1. The summed E-state index contributed by atoms with van der Waals surface area (Å²) < 4.78 is 18.4. The first kappa shape index (κ1) is 12.8. The summed E-state index contributed by atoms with van der Waals surface area (Å²) in [6, 6.07) is 6.21. The number of hydrogen-bond donors (Lipinski definition) is 0. The number of rotatable bonds is 4. The molecule has 0 saturated heterocycles. The van der Waals surface area contributed by atoms with Gasteiger partial charge in [-0.15, -0.1) is 11.3 Å². The summed E-state index contributed by atoms with van der Waals surface area (Å²) in [4.78, 5) is 12.9. The van der Waals surface area contributed by atoms with Gasteiger partial charge in [-0.3, -0.25) is 4.79 Å². The smallest absolute Gasteiger partial charge is 0.203 e. The van der Waals surface area contributed by atoms with Gasteiger partial charge < -0.3 is 4.74 Å². The molecule has 2 rings (SSSR count). The predicted octanol–water partition coefficient (Wildman–Crippen LogP) is 3.69. The monoisotopic (exact) mass is 264 g/mol. The van der Waals surface area contributed by atoms with Crippen LogP contribution < -0.4 is 4.74 Å². The summed E-state index contributed by atoms with van der Waals surface area (Å²) in [7, 11) is 1.40. The van der Waals surface area contributed by atoms with Gasteiger partial charge in [-0.05, 0) is 41.6 Å². The number of carbonyl (C=O) groups excluding carboxylic acids is 1. The van der Waals surface area contributed by atoms with Crippen molar-refractivity contribution < 1.29 is 13.9 Å². The molecule has 0 aliphatic heterocycles. The van der Waals surface area contributed by atoms with E-state index in [-0.39, 0.29) is 11.5 Å². The number of aryl methyl sites for hydroxylation is 1. The Balaban J connectivity index is 2.37. The molecule has 0 unspecified atom stereocenters. The second kappa shape index (κ2) is 5.31. The third kappa shape index (κ3) is 2.29. The molecule has 1 aromatic carbocycles. The van der Waals surface area contributed by atoms with Crippen molar-refractivity contribution in [3.8, 4) is 5.75 Å². The van der Waals surface area contributed by atoms with Gasteiger partial charge in [-0.1, -0.05) is 6.92 Å². The van der Waals surface area contributed by atoms with Crippen LogP contribution >= 0.6 is 11.3 Å². The van der Waals surface area contributed by atoms with Crippen molar-refractivity contribution in [3.05, 3.63) is 51.5 Å². The molecule has 0 atom stereocenters. The minimum Gasteiger partial charge on any atom is -0.494 e. The van der Waals surface area contributed by atoms with E-state index in [0.717, 1.165) is 12.0 Å². The highest BCUT2D eigenvalue weighted by Crippen LogP contribution is 2.24. The molecule has 0 aliphatic rings. The average molecular weight is 264 g/mol. The normalized spacial score (nSPS) is 10.4. The van der Waals surface area contributed by atoms with Crippen LogP contribution in [0.25, 0.3) is 0 Å². The lowest BCUT2D eigenvalue weighted by Crippen LogP contribution is -2.02. The van der Waals surface area contributed by atoms with E-state index >= 15 is 0 Å². The second-order valence-electron chi connectivity index (χ2n) is 3.81. The Hall–Kier alpha value is -1.68. The first-order chi connectivity index (χ1) is 8.67. The molecule has 2 nitrogen and oxygen atoms in total. The molecule has 94 valence electrons. The fourth-order valence-corrected chi connectivity index (χ4v) is 2.71. The van der Waals surface area contributed by atoms with Crippen LogP contribution in [0.2, 0.25) is 0 Å². The van der Waals surface area contributed by atoms with E-state index in [9.17, 15) is 9.18 Å². The van der Waals surface area contributed by atoms with Gasteiger partial charge in [0.2, 0.25) is 5.78 Å². The molecule has 2 aromatic rings. The minimum absolute atomic E-state index is 0.136. The van der Waals surface area contributed by atoms with E-state index in [1.807, 2.05) is 18.4 Å². The summed E-state index contributed by atoms with van der Waals surface area (Å²) in [6.45, 7) is 1.99. The Morgan fingerprint density at radius 3 is 2.78 bits per heavy atom. The quantitative estimate of drug-likeness (QED) is 0.787. The highest BCUT2D eigenvalue weighted by Gasteiger charge is 2.16. The Kier molecular flexibility index (Phi) is 3.77. The van der Waals surface area contributed by atoms with Crippen molar-refractivity contribution in [2.75, 3.05) is 7.11 Å². The van der Waals surface area contributed by atoms with Crippen molar-refractivity contribution >= 4 is 17.1 Å². The highest BCUT2D eigenvalue weighted by atomic mass is 32.1. The molecule has 0 amide bonds. The van der Waals surface area contributed by atoms with Gasteiger partial charge in [-0.2, -0.15) is 0 Å². The van der Waals surface area contributed by atoms with Crippen LogP contribution in [0, 0.1) is 5.82 Å². The van der Waals surface area contributed by atoms with Crippen LogP contribution in [0.3, 0.4) is 0 Å². The third-order valence-electron chi connectivity index (χ3n) is 2.75. The van der Waals surface area contributed by atoms with Gasteiger partial charge in [-0.25, -0.2) is 4.39 Å². The Bertz CT molecular complexity index is 575. The van der Waals surface area contributed by atoms with E-state index in [0.29, 0.717) is 10.4 Å². The molecule has 0 saturated carbocycles. The van der Waals surface area contributed by atoms with Crippen LogP contribution in [0.1, 0.15) is 27.7 Å². The summed E-state index contributed by atoms with van der Waals surface area (Å²) in [5.41, 5.74) is 1.35. The van der Waals surface area contributed by atoms with E-state index < -0.39 is 5.82 Å². The van der Waals surface area contributed by atoms with Crippen molar-refractivity contribution in [3.63, 3.8) is 0 Å². The molecule has 0 spiro atoms. The van der Waals surface area contributed by atoms with Crippen molar-refractivity contribution in [2.45, 2.75) is 13.3 Å². The molecule has 1 aromatic heterocycles. The molecule has 0 fully saturated rings. The largest absolute Gasteiger partial charge is 0.494 e. The zero-order valence-electron chi connectivity index (χ0n) is 10.2. The number of thiophene rings is 1. The van der Waals surface area contributed by atoms with E-state index in [2.05, 4.69) is 0 Å². The Morgan fingerprint density at radius 1 is 1.39 bits per heavy atom. The SMILES string of the molecule is CCc1ccsc1C(=O)c1ccc(OC)c(F)c1. The summed E-state index contributed by atoms with van der Waals surface area (Å²) >= 11 is 1.39. The van der Waals surface area contributed by atoms with Crippen molar-refractivity contribution in [1.82, 2.24) is 0 Å². The molecule has 1 heterocycles. The second-order valence-corrected chi connectivity index (χ2v) is 4.72. The topological polar surface area (TPSA) is 26.3 Å². The lowest BCUT2D eigenvalue weighted by atomic mass is 10.1. The maximum absolute atomic E-state index is 13.6. The first-order valence-electron chi connectivity index (χ1n) is 5.62. The van der Waals surface area contributed by atoms with Gasteiger partial charge in [0, 0.05) is 5.56 Å². The fraction of sp³-hybridized carbons (Fsp3) is 0.214. The molecule has 4 heteroatoms. The molecule has 0 aliphatic carbocycles. The van der Waals surface area contributed by atoms with Gasteiger partial charge in [0.15, 0.2) is 11.6 Å². The molecule has 0 radical (unpaired) electrons. The molecule has 0 N–H and O–H groups in total. The Morgan fingerprint density at radius 2 is 2.17 bits per heavy atom. The molecular formula is C14H13FO2S. The molecule has 18 heavy (non-hydrogen) atoms. The molecular weight excluding hydrogens is 251 g/mol. The highest BCUT2D eigenvalue weighted by molar-refractivity contribution is 7.12. The maximum Gasteiger partial charge on any atom is 0.203 e. The zero-order chi connectivity index (χ0) is 13.1. The van der Waals surface area contributed by atoms with Crippen LogP contribution in [-0.4, -0.2) is 12.9 Å². The number of methoxy groups -OCH3 is 1. The summed E-state index contributed by atoms with van der Waals surface area (Å²) in [5, 5.41) is 1.88. The summed E-state index contributed by atoms with van der Waals surface area (Å²) in [6.07, 6.45) is 0.795. The lowest BCUT2D eigenvalue weighted by molar-refractivity contribution is 0.104. The number of hydrogen-bond acceptors (Lipinski definition) is 3. The van der Waals surface area contributed by atoms with E-state index in [1.54, 1.807) is 6.07 Å². The van der Waals surface area contributed by atoms with Crippen molar-refractivity contribution in [2.24, 2.45) is 0 Å². The number of carbonyl (C=O) groups is 1.